The highest BCUT2D eigenvalue weighted by Gasteiger charge is 2.18. The number of nitrogens with zero attached hydrogens (tertiary/aromatic N) is 3. The quantitative estimate of drug-likeness (QED) is 0.260. The van der Waals surface area contributed by atoms with Crippen molar-refractivity contribution in [1.29, 1.82) is 0 Å². The zero-order valence-corrected chi connectivity index (χ0v) is 22.2. The molecule has 0 fully saturated rings. The summed E-state index contributed by atoms with van der Waals surface area (Å²) in [6, 6.07) is 16.4. The van der Waals surface area contributed by atoms with Gasteiger partial charge in [-0.15, -0.1) is 10.2 Å². The maximum absolute atomic E-state index is 13.9. The number of amides is 2. The monoisotopic (exact) mass is 557 g/mol. The topological polar surface area (TPSA) is 88.9 Å². The number of halogens is 3. The number of hydrogen-bond donors (Lipinski definition) is 2. The van der Waals surface area contributed by atoms with Crippen LogP contribution in [0.4, 0.5) is 10.1 Å². The first-order chi connectivity index (χ1) is 17.7. The Kier molecular flexibility index (Phi) is 8.48. The van der Waals surface area contributed by atoms with Crippen LogP contribution in [-0.4, -0.2) is 32.3 Å². The van der Waals surface area contributed by atoms with E-state index in [0.29, 0.717) is 32.3 Å². The average Bonchev–Trinajstić information content (AvgIpc) is 3.28. The van der Waals surface area contributed by atoms with Crippen LogP contribution in [0.5, 0.6) is 0 Å². The molecule has 7 nitrogen and oxygen atoms in total. The van der Waals surface area contributed by atoms with Crippen molar-refractivity contribution in [2.45, 2.75) is 25.5 Å². The number of aryl methyl sites for hydroxylation is 2. The molecule has 0 unspecified atom stereocenters. The third kappa shape index (κ3) is 6.49. The Morgan fingerprint density at radius 2 is 1.76 bits per heavy atom. The first-order valence-corrected chi connectivity index (χ1v) is 12.9. The van der Waals surface area contributed by atoms with Crippen molar-refractivity contribution < 1.29 is 14.0 Å². The zero-order valence-electron chi connectivity index (χ0n) is 19.9. The Morgan fingerprint density at radius 3 is 2.49 bits per heavy atom. The molecule has 2 N–H and O–H groups in total. The third-order valence-corrected chi connectivity index (χ3v) is 7.19. The molecule has 1 heterocycles. The fourth-order valence-electron chi connectivity index (χ4n) is 3.41. The summed E-state index contributed by atoms with van der Waals surface area (Å²) in [5.74, 6) is -0.828. The van der Waals surface area contributed by atoms with Gasteiger partial charge in [0.2, 0.25) is 5.91 Å². The Labute approximate surface area is 227 Å². The van der Waals surface area contributed by atoms with Crippen LogP contribution in [0.2, 0.25) is 10.0 Å². The van der Waals surface area contributed by atoms with Crippen molar-refractivity contribution in [2.75, 3.05) is 11.1 Å². The number of anilines is 1. The molecule has 190 valence electrons. The van der Waals surface area contributed by atoms with Gasteiger partial charge in [0, 0.05) is 5.56 Å². The summed E-state index contributed by atoms with van der Waals surface area (Å²) in [6.45, 7) is 3.99. The van der Waals surface area contributed by atoms with E-state index in [1.54, 1.807) is 41.0 Å². The van der Waals surface area contributed by atoms with Crippen molar-refractivity contribution in [1.82, 2.24) is 20.1 Å². The summed E-state index contributed by atoms with van der Waals surface area (Å²) in [7, 11) is 0. The fourth-order valence-corrected chi connectivity index (χ4v) is 4.48. The summed E-state index contributed by atoms with van der Waals surface area (Å²) < 4.78 is 15.6. The van der Waals surface area contributed by atoms with Crippen LogP contribution in [0.15, 0.2) is 65.8 Å². The number of thioether (sulfide) groups is 1. The van der Waals surface area contributed by atoms with Crippen molar-refractivity contribution in [3.8, 4) is 5.69 Å². The molecule has 1 aromatic heterocycles. The number of carbonyl (C=O) groups is 2. The molecule has 0 radical (unpaired) electrons. The fraction of sp³-hybridized carbons (Fsp3) is 0.154. The van der Waals surface area contributed by atoms with Crippen LogP contribution < -0.4 is 10.6 Å². The van der Waals surface area contributed by atoms with E-state index in [1.807, 2.05) is 26.0 Å². The maximum atomic E-state index is 13.9. The van der Waals surface area contributed by atoms with Gasteiger partial charge >= 0.3 is 0 Å². The van der Waals surface area contributed by atoms with Crippen LogP contribution in [0, 0.1) is 19.7 Å². The van der Waals surface area contributed by atoms with E-state index >= 15 is 0 Å². The Balaban J connectivity index is 1.54. The van der Waals surface area contributed by atoms with Gasteiger partial charge in [-0.05, 0) is 67.4 Å². The molecule has 4 aromatic rings. The molecule has 0 saturated carbocycles. The number of para-hydroxylation sites is 1. The molecular formula is C26H22Cl2FN5O2S. The summed E-state index contributed by atoms with van der Waals surface area (Å²) >= 11 is 13.4. The first-order valence-electron chi connectivity index (χ1n) is 11.2. The molecular weight excluding hydrogens is 536 g/mol. The molecule has 2 amide bonds. The van der Waals surface area contributed by atoms with E-state index < -0.39 is 11.7 Å². The molecule has 37 heavy (non-hydrogen) atoms. The van der Waals surface area contributed by atoms with Gasteiger partial charge in [-0.2, -0.15) is 0 Å². The second-order valence-electron chi connectivity index (χ2n) is 8.13. The van der Waals surface area contributed by atoms with E-state index in [-0.39, 0.29) is 23.9 Å². The summed E-state index contributed by atoms with van der Waals surface area (Å²) in [6.07, 6.45) is 0. The average molecular weight is 558 g/mol. The van der Waals surface area contributed by atoms with Crippen LogP contribution >= 0.6 is 35.0 Å². The summed E-state index contributed by atoms with van der Waals surface area (Å²) in [5, 5.41) is 14.9. The zero-order chi connectivity index (χ0) is 26.5. The van der Waals surface area contributed by atoms with Gasteiger partial charge in [0.15, 0.2) is 11.0 Å². The lowest BCUT2D eigenvalue weighted by atomic mass is 10.1. The van der Waals surface area contributed by atoms with Crippen LogP contribution in [0.25, 0.3) is 5.69 Å². The van der Waals surface area contributed by atoms with E-state index in [1.165, 1.54) is 12.1 Å². The minimum atomic E-state index is -0.526. The van der Waals surface area contributed by atoms with Gasteiger partial charge in [-0.1, -0.05) is 53.2 Å². The highest BCUT2D eigenvalue weighted by atomic mass is 35.5. The van der Waals surface area contributed by atoms with Crippen LogP contribution in [0.1, 0.15) is 27.3 Å². The van der Waals surface area contributed by atoms with E-state index in [9.17, 15) is 14.0 Å². The molecule has 0 aliphatic carbocycles. The van der Waals surface area contributed by atoms with Gasteiger partial charge < -0.3 is 10.6 Å². The van der Waals surface area contributed by atoms with Crippen molar-refractivity contribution in [3.05, 3.63) is 99.0 Å². The second-order valence-corrected chi connectivity index (χ2v) is 9.89. The van der Waals surface area contributed by atoms with Gasteiger partial charge in [0.1, 0.15) is 5.82 Å². The predicted molar refractivity (Wildman–Crippen MR) is 144 cm³/mol. The predicted octanol–water partition coefficient (Wildman–Crippen LogP) is 5.99. The second kappa shape index (κ2) is 11.8. The summed E-state index contributed by atoms with van der Waals surface area (Å²) in [4.78, 5) is 25.2. The molecule has 3 aromatic carbocycles. The lowest BCUT2D eigenvalue weighted by Crippen LogP contribution is -2.24. The molecule has 0 spiro atoms. The number of carbonyl (C=O) groups excluding carboxylic acids is 2. The largest absolute Gasteiger partial charge is 0.345 e. The maximum Gasteiger partial charge on any atom is 0.251 e. The Bertz CT molecular complexity index is 1480. The van der Waals surface area contributed by atoms with Crippen molar-refractivity contribution >= 4 is 52.5 Å². The van der Waals surface area contributed by atoms with E-state index in [0.717, 1.165) is 22.9 Å². The molecule has 0 saturated heterocycles. The minimum Gasteiger partial charge on any atom is -0.345 e. The number of benzene rings is 3. The van der Waals surface area contributed by atoms with E-state index in [2.05, 4.69) is 20.8 Å². The highest BCUT2D eigenvalue weighted by molar-refractivity contribution is 7.99. The van der Waals surface area contributed by atoms with Gasteiger partial charge in [-0.3, -0.25) is 14.2 Å². The van der Waals surface area contributed by atoms with Crippen LogP contribution in [-0.2, 0) is 11.3 Å². The summed E-state index contributed by atoms with van der Waals surface area (Å²) in [5.41, 5.74) is 3.33. The third-order valence-electron chi connectivity index (χ3n) is 5.52. The van der Waals surface area contributed by atoms with Crippen molar-refractivity contribution in [2.24, 2.45) is 0 Å². The lowest BCUT2D eigenvalue weighted by molar-refractivity contribution is -0.113. The normalized spacial score (nSPS) is 10.8. The van der Waals surface area contributed by atoms with Gasteiger partial charge in [0.25, 0.3) is 5.91 Å². The lowest BCUT2D eigenvalue weighted by Gasteiger charge is -2.12. The SMILES string of the molecule is Cc1ccc(C(=O)NCc2nnc(SCC(=O)Nc3ccccc3F)n2-c2ccc(Cl)c(Cl)c2)cc1C. The highest BCUT2D eigenvalue weighted by Crippen LogP contribution is 2.28. The smallest absolute Gasteiger partial charge is 0.251 e. The number of nitrogens with one attached hydrogen (secondary N) is 2. The number of rotatable bonds is 8. The molecule has 0 bridgehead atoms. The Morgan fingerprint density at radius 1 is 0.973 bits per heavy atom. The number of hydrogen-bond acceptors (Lipinski definition) is 5. The molecule has 0 aliphatic rings. The van der Waals surface area contributed by atoms with E-state index in [4.69, 9.17) is 23.2 Å². The molecule has 11 heteroatoms. The Hall–Kier alpha value is -3.40. The molecule has 4 rings (SSSR count). The minimum absolute atomic E-state index is 0.0528. The van der Waals surface area contributed by atoms with Gasteiger partial charge in [0.05, 0.1) is 33.7 Å². The van der Waals surface area contributed by atoms with Crippen molar-refractivity contribution in [3.63, 3.8) is 0 Å². The molecule has 0 aliphatic heterocycles. The van der Waals surface area contributed by atoms with Gasteiger partial charge in [-0.25, -0.2) is 4.39 Å². The first kappa shape index (κ1) is 26.7. The van der Waals surface area contributed by atoms with Crippen LogP contribution in [0.3, 0.4) is 0 Å². The molecule has 0 atom stereocenters. The number of aromatic nitrogens is 3. The standard InChI is InChI=1S/C26H22Cl2FN5O2S/c1-15-7-8-17(11-16(15)2)25(36)30-13-23-32-33-26(34(23)18-9-10-19(27)20(28)12-18)37-14-24(35)31-22-6-4-3-5-21(22)29/h3-12H,13-14H2,1-2H3,(H,30,36)(H,31,35).